The Bertz CT molecular complexity index is 1170. The second-order valence-electron chi connectivity index (χ2n) is 6.83. The van der Waals surface area contributed by atoms with Crippen molar-refractivity contribution >= 4 is 29.6 Å². The van der Waals surface area contributed by atoms with E-state index in [1.54, 1.807) is 25.1 Å². The van der Waals surface area contributed by atoms with E-state index in [9.17, 15) is 14.4 Å². The van der Waals surface area contributed by atoms with Crippen LogP contribution in [0.2, 0.25) is 0 Å². The minimum absolute atomic E-state index is 0.0959. The predicted octanol–water partition coefficient (Wildman–Crippen LogP) is 3.76. The van der Waals surface area contributed by atoms with Crippen molar-refractivity contribution < 1.29 is 14.4 Å². The summed E-state index contributed by atoms with van der Waals surface area (Å²) in [5.74, 6) is -1.35. The summed E-state index contributed by atoms with van der Waals surface area (Å²) in [6, 6.07) is 17.8. The lowest BCUT2D eigenvalue weighted by molar-refractivity contribution is -0.122. The first-order valence-electron chi connectivity index (χ1n) is 9.18. The number of barbiturate groups is 1. The van der Waals surface area contributed by atoms with Gasteiger partial charge in [-0.15, -0.1) is 0 Å². The monoisotopic (exact) mass is 385 g/mol. The average molecular weight is 385 g/mol. The molecule has 4 rings (SSSR count). The molecule has 4 amide bonds. The molecular weight excluding hydrogens is 366 g/mol. The summed E-state index contributed by atoms with van der Waals surface area (Å²) >= 11 is 0. The lowest BCUT2D eigenvalue weighted by Crippen LogP contribution is -2.54. The maximum Gasteiger partial charge on any atom is 0.335 e. The first-order valence-corrected chi connectivity index (χ1v) is 9.18. The van der Waals surface area contributed by atoms with Crippen molar-refractivity contribution in [1.82, 2.24) is 9.88 Å². The molecule has 0 bridgehead atoms. The summed E-state index contributed by atoms with van der Waals surface area (Å²) in [5.41, 5.74) is 3.77. The normalized spacial score (nSPS) is 15.7. The van der Waals surface area contributed by atoms with Gasteiger partial charge in [0.25, 0.3) is 11.8 Å². The lowest BCUT2D eigenvalue weighted by atomic mass is 10.1. The minimum atomic E-state index is -0.749. The molecule has 1 aliphatic rings. The number of carbonyl (C=O) groups excluding carboxylic acids is 3. The standard InChI is InChI=1S/C23H19N3O3/c1-15-8-3-5-11-19(15)25-13-7-10-17(25)14-18-21(27)24-23(29)26(22(18)28)20-12-6-4-9-16(20)2/h3-14H,1-2H3,(H,24,27,29)/b18-14+. The van der Waals surface area contributed by atoms with Gasteiger partial charge < -0.3 is 4.57 Å². The van der Waals surface area contributed by atoms with Crippen LogP contribution in [0.25, 0.3) is 11.8 Å². The number of hydrogen-bond acceptors (Lipinski definition) is 3. The summed E-state index contributed by atoms with van der Waals surface area (Å²) in [6.45, 7) is 3.79. The molecule has 1 fully saturated rings. The molecule has 1 N–H and O–H groups in total. The summed E-state index contributed by atoms with van der Waals surface area (Å²) in [5, 5.41) is 2.27. The number of aryl methyl sites for hydroxylation is 2. The van der Waals surface area contributed by atoms with Gasteiger partial charge in [0, 0.05) is 17.6 Å². The first kappa shape index (κ1) is 18.4. The summed E-state index contributed by atoms with van der Waals surface area (Å²) < 4.78 is 1.90. The highest BCUT2D eigenvalue weighted by Gasteiger charge is 2.37. The van der Waals surface area contributed by atoms with Gasteiger partial charge in [0.15, 0.2) is 0 Å². The molecule has 0 spiro atoms. The number of hydrogen-bond donors (Lipinski definition) is 1. The number of aromatic nitrogens is 1. The SMILES string of the molecule is Cc1ccccc1N1C(=O)NC(=O)/C(=C\c2cccn2-c2ccccc2C)C1=O. The van der Waals surface area contributed by atoms with Gasteiger partial charge in [-0.2, -0.15) is 0 Å². The molecule has 1 aliphatic heterocycles. The van der Waals surface area contributed by atoms with E-state index in [1.807, 2.05) is 60.2 Å². The van der Waals surface area contributed by atoms with Gasteiger partial charge in [-0.3, -0.25) is 14.9 Å². The number of anilines is 1. The zero-order chi connectivity index (χ0) is 20.5. The van der Waals surface area contributed by atoms with E-state index < -0.39 is 17.8 Å². The van der Waals surface area contributed by atoms with Crippen molar-refractivity contribution in [1.29, 1.82) is 0 Å². The summed E-state index contributed by atoms with van der Waals surface area (Å²) in [7, 11) is 0. The van der Waals surface area contributed by atoms with Crippen LogP contribution in [0.5, 0.6) is 0 Å². The Morgan fingerprint density at radius 1 is 0.793 bits per heavy atom. The molecule has 6 heteroatoms. The molecule has 2 aromatic carbocycles. The highest BCUT2D eigenvalue weighted by Crippen LogP contribution is 2.26. The number of nitrogens with zero attached hydrogens (tertiary/aromatic N) is 2. The van der Waals surface area contributed by atoms with Gasteiger partial charge in [-0.05, 0) is 55.3 Å². The van der Waals surface area contributed by atoms with E-state index in [4.69, 9.17) is 0 Å². The fraction of sp³-hybridized carbons (Fsp3) is 0.0870. The molecule has 0 aliphatic carbocycles. The van der Waals surface area contributed by atoms with E-state index in [-0.39, 0.29) is 5.57 Å². The Kier molecular flexibility index (Phi) is 4.60. The third-order valence-corrected chi connectivity index (χ3v) is 4.91. The van der Waals surface area contributed by atoms with Crippen LogP contribution in [0.15, 0.2) is 72.4 Å². The van der Waals surface area contributed by atoms with Crippen LogP contribution in [0.4, 0.5) is 10.5 Å². The zero-order valence-electron chi connectivity index (χ0n) is 16.0. The number of urea groups is 1. The number of para-hydroxylation sites is 2. The number of amides is 4. The average Bonchev–Trinajstić information content (AvgIpc) is 3.15. The number of imide groups is 2. The predicted molar refractivity (Wildman–Crippen MR) is 111 cm³/mol. The lowest BCUT2D eigenvalue weighted by Gasteiger charge is -2.27. The molecule has 0 radical (unpaired) electrons. The number of nitrogens with one attached hydrogen (secondary N) is 1. The second-order valence-corrected chi connectivity index (χ2v) is 6.83. The van der Waals surface area contributed by atoms with Crippen LogP contribution in [-0.2, 0) is 9.59 Å². The molecule has 0 unspecified atom stereocenters. The van der Waals surface area contributed by atoms with E-state index in [0.29, 0.717) is 11.4 Å². The van der Waals surface area contributed by atoms with Crippen molar-refractivity contribution in [3.8, 4) is 5.69 Å². The Labute approximate surface area is 168 Å². The van der Waals surface area contributed by atoms with Gasteiger partial charge in [-0.25, -0.2) is 9.69 Å². The highest BCUT2D eigenvalue weighted by molar-refractivity contribution is 6.39. The summed E-state index contributed by atoms with van der Waals surface area (Å²) in [4.78, 5) is 39.0. The van der Waals surface area contributed by atoms with E-state index >= 15 is 0 Å². The largest absolute Gasteiger partial charge is 0.335 e. The molecule has 29 heavy (non-hydrogen) atoms. The van der Waals surface area contributed by atoms with Crippen LogP contribution >= 0.6 is 0 Å². The Balaban J connectivity index is 1.79. The van der Waals surface area contributed by atoms with Crippen LogP contribution in [0, 0.1) is 13.8 Å². The van der Waals surface area contributed by atoms with Gasteiger partial charge in [0.2, 0.25) is 0 Å². The van der Waals surface area contributed by atoms with Crippen LogP contribution in [-0.4, -0.2) is 22.4 Å². The van der Waals surface area contributed by atoms with E-state index in [0.717, 1.165) is 21.7 Å². The zero-order valence-corrected chi connectivity index (χ0v) is 16.0. The van der Waals surface area contributed by atoms with Crippen LogP contribution < -0.4 is 10.2 Å². The third-order valence-electron chi connectivity index (χ3n) is 4.91. The number of benzene rings is 2. The maximum absolute atomic E-state index is 13.1. The molecular formula is C23H19N3O3. The molecule has 6 nitrogen and oxygen atoms in total. The van der Waals surface area contributed by atoms with Crippen molar-refractivity contribution in [2.24, 2.45) is 0 Å². The molecule has 2 heterocycles. The van der Waals surface area contributed by atoms with Crippen molar-refractivity contribution in [3.05, 3.63) is 89.3 Å². The fourth-order valence-electron chi connectivity index (χ4n) is 3.40. The maximum atomic E-state index is 13.1. The molecule has 1 aromatic heterocycles. The van der Waals surface area contributed by atoms with Crippen molar-refractivity contribution in [2.75, 3.05) is 4.90 Å². The summed E-state index contributed by atoms with van der Waals surface area (Å²) in [6.07, 6.45) is 3.38. The van der Waals surface area contributed by atoms with Gasteiger partial charge in [0.05, 0.1) is 5.69 Å². The minimum Gasteiger partial charge on any atom is -0.317 e. The Morgan fingerprint density at radius 3 is 2.07 bits per heavy atom. The van der Waals surface area contributed by atoms with E-state index in [1.165, 1.54) is 6.08 Å². The number of rotatable bonds is 3. The van der Waals surface area contributed by atoms with Crippen molar-refractivity contribution in [3.63, 3.8) is 0 Å². The quantitative estimate of drug-likeness (QED) is 0.551. The molecule has 0 saturated carbocycles. The number of carbonyl (C=O) groups is 3. The van der Waals surface area contributed by atoms with Crippen LogP contribution in [0.3, 0.4) is 0 Å². The van der Waals surface area contributed by atoms with Crippen molar-refractivity contribution in [2.45, 2.75) is 13.8 Å². The topological polar surface area (TPSA) is 71.4 Å². The molecule has 0 atom stereocenters. The fourth-order valence-corrected chi connectivity index (χ4v) is 3.40. The molecule has 144 valence electrons. The Hall–Kier alpha value is -3.93. The van der Waals surface area contributed by atoms with Gasteiger partial charge in [-0.1, -0.05) is 36.4 Å². The Morgan fingerprint density at radius 2 is 1.41 bits per heavy atom. The molecule has 3 aromatic rings. The molecule has 1 saturated heterocycles. The highest BCUT2D eigenvalue weighted by atomic mass is 16.2. The smallest absolute Gasteiger partial charge is 0.317 e. The van der Waals surface area contributed by atoms with Gasteiger partial charge >= 0.3 is 6.03 Å². The second kappa shape index (κ2) is 7.24. The third kappa shape index (κ3) is 3.25. The van der Waals surface area contributed by atoms with Crippen LogP contribution in [0.1, 0.15) is 16.8 Å². The van der Waals surface area contributed by atoms with E-state index in [2.05, 4.69) is 5.32 Å². The first-order chi connectivity index (χ1) is 14.0. The van der Waals surface area contributed by atoms with Gasteiger partial charge in [0.1, 0.15) is 5.57 Å².